The van der Waals surface area contributed by atoms with Gasteiger partial charge in [0.2, 0.25) is 0 Å². The Labute approximate surface area is 134 Å². The van der Waals surface area contributed by atoms with E-state index in [0.717, 1.165) is 28.5 Å². The summed E-state index contributed by atoms with van der Waals surface area (Å²) in [5.74, 6) is 1.43. The number of nitrogens with zero attached hydrogens (tertiary/aromatic N) is 4. The van der Waals surface area contributed by atoms with Crippen molar-refractivity contribution in [2.75, 3.05) is 5.75 Å². The molecule has 0 spiro atoms. The molecule has 3 aromatic rings. The van der Waals surface area contributed by atoms with Crippen LogP contribution in [0.4, 0.5) is 13.2 Å². The summed E-state index contributed by atoms with van der Waals surface area (Å²) in [6.45, 7) is 2.02. The van der Waals surface area contributed by atoms with Gasteiger partial charge in [-0.2, -0.15) is 13.2 Å². The minimum Gasteiger partial charge on any atom is -0.312 e. The van der Waals surface area contributed by atoms with Crippen LogP contribution in [0, 0.1) is 0 Å². The lowest BCUT2D eigenvalue weighted by molar-refractivity contribution is -0.137. The first-order valence-electron chi connectivity index (χ1n) is 6.88. The monoisotopic (exact) mass is 338 g/mol. The van der Waals surface area contributed by atoms with Crippen molar-refractivity contribution in [3.8, 4) is 11.4 Å². The Morgan fingerprint density at radius 1 is 1.26 bits per heavy atom. The van der Waals surface area contributed by atoms with E-state index in [1.54, 1.807) is 35.8 Å². The van der Waals surface area contributed by atoms with Gasteiger partial charge in [-0.15, -0.1) is 11.8 Å². The Hall–Kier alpha value is -2.09. The van der Waals surface area contributed by atoms with Gasteiger partial charge < -0.3 is 4.57 Å². The van der Waals surface area contributed by atoms with Crippen LogP contribution in [0.3, 0.4) is 0 Å². The zero-order valence-electron chi connectivity index (χ0n) is 12.4. The molecule has 3 aromatic heterocycles. The zero-order chi connectivity index (χ0) is 16.6. The Morgan fingerprint density at radius 3 is 2.74 bits per heavy atom. The van der Waals surface area contributed by atoms with Crippen LogP contribution in [-0.2, 0) is 13.2 Å². The van der Waals surface area contributed by atoms with Crippen LogP contribution in [0.25, 0.3) is 22.6 Å². The highest BCUT2D eigenvalue weighted by molar-refractivity contribution is 7.99. The first kappa shape index (κ1) is 15.8. The van der Waals surface area contributed by atoms with E-state index < -0.39 is 11.7 Å². The molecule has 0 bridgehead atoms. The van der Waals surface area contributed by atoms with Gasteiger partial charge in [-0.05, 0) is 17.9 Å². The summed E-state index contributed by atoms with van der Waals surface area (Å²) in [6, 6.07) is 2.84. The smallest absolute Gasteiger partial charge is 0.312 e. The Kier molecular flexibility index (Phi) is 4.01. The second-order valence-electron chi connectivity index (χ2n) is 4.86. The van der Waals surface area contributed by atoms with Crippen LogP contribution < -0.4 is 0 Å². The lowest BCUT2D eigenvalue weighted by Crippen LogP contribution is -2.05. The summed E-state index contributed by atoms with van der Waals surface area (Å²) in [4.78, 5) is 13.3. The van der Waals surface area contributed by atoms with Crippen molar-refractivity contribution in [1.82, 2.24) is 19.5 Å². The van der Waals surface area contributed by atoms with Gasteiger partial charge in [0.25, 0.3) is 0 Å². The molecule has 3 heterocycles. The minimum atomic E-state index is -4.43. The quantitative estimate of drug-likeness (QED) is 0.673. The Morgan fingerprint density at radius 2 is 2.04 bits per heavy atom. The molecule has 8 heteroatoms. The van der Waals surface area contributed by atoms with E-state index in [0.29, 0.717) is 11.5 Å². The molecule has 0 amide bonds. The summed E-state index contributed by atoms with van der Waals surface area (Å²) in [5, 5.41) is 0. The van der Waals surface area contributed by atoms with Gasteiger partial charge in [0.1, 0.15) is 11.3 Å². The fourth-order valence-electron chi connectivity index (χ4n) is 2.31. The van der Waals surface area contributed by atoms with E-state index >= 15 is 0 Å². The van der Waals surface area contributed by atoms with E-state index in [-0.39, 0.29) is 5.52 Å². The summed E-state index contributed by atoms with van der Waals surface area (Å²) in [7, 11) is 1.74. The number of hydrogen-bond donors (Lipinski definition) is 0. The van der Waals surface area contributed by atoms with E-state index in [9.17, 15) is 13.2 Å². The number of alkyl halides is 3. The molecule has 23 heavy (non-hydrogen) atoms. The van der Waals surface area contributed by atoms with Crippen LogP contribution in [0.1, 0.15) is 12.5 Å². The molecule has 0 N–H and O–H groups in total. The first-order valence-corrected chi connectivity index (χ1v) is 7.87. The topological polar surface area (TPSA) is 43.6 Å². The fraction of sp³-hybridized carbons (Fsp3) is 0.267. The molecule has 4 nitrogen and oxygen atoms in total. The number of fused-ring (bicyclic) bond motifs is 1. The van der Waals surface area contributed by atoms with Crippen molar-refractivity contribution in [3.05, 3.63) is 36.3 Å². The number of thioether (sulfide) groups is 1. The van der Waals surface area contributed by atoms with Crippen molar-refractivity contribution in [1.29, 1.82) is 0 Å². The predicted molar refractivity (Wildman–Crippen MR) is 83.1 cm³/mol. The standard InChI is InChI=1S/C15H13F3N4S/c1-3-23-12-8-19-5-4-10(12)13-21-11-6-9(15(16,17)18)7-20-14(11)22(13)2/h4-8H,3H2,1-2H3. The van der Waals surface area contributed by atoms with E-state index in [1.807, 2.05) is 13.0 Å². The molecular formula is C15H13F3N4S. The molecule has 3 rings (SSSR count). The molecule has 0 saturated carbocycles. The highest BCUT2D eigenvalue weighted by Gasteiger charge is 2.31. The highest BCUT2D eigenvalue weighted by Crippen LogP contribution is 2.33. The van der Waals surface area contributed by atoms with E-state index in [1.165, 1.54) is 0 Å². The van der Waals surface area contributed by atoms with E-state index in [2.05, 4.69) is 15.0 Å². The molecule has 0 aromatic carbocycles. The Bertz CT molecular complexity index is 858. The number of rotatable bonds is 3. The maximum atomic E-state index is 12.8. The lowest BCUT2D eigenvalue weighted by atomic mass is 10.2. The molecule has 0 atom stereocenters. The van der Waals surface area contributed by atoms with Gasteiger partial charge in [0.15, 0.2) is 5.65 Å². The summed E-state index contributed by atoms with van der Waals surface area (Å²) >= 11 is 1.61. The highest BCUT2D eigenvalue weighted by atomic mass is 32.2. The van der Waals surface area contributed by atoms with Crippen LogP contribution in [-0.4, -0.2) is 25.3 Å². The number of halogens is 3. The second-order valence-corrected chi connectivity index (χ2v) is 6.17. The van der Waals surface area contributed by atoms with Crippen molar-refractivity contribution in [3.63, 3.8) is 0 Å². The van der Waals surface area contributed by atoms with Crippen molar-refractivity contribution >= 4 is 22.9 Å². The van der Waals surface area contributed by atoms with Crippen molar-refractivity contribution in [2.24, 2.45) is 7.05 Å². The van der Waals surface area contributed by atoms with Gasteiger partial charge in [-0.1, -0.05) is 6.92 Å². The first-order chi connectivity index (χ1) is 10.9. The average molecular weight is 338 g/mol. The lowest BCUT2D eigenvalue weighted by Gasteiger charge is -2.07. The van der Waals surface area contributed by atoms with Crippen molar-refractivity contribution < 1.29 is 13.2 Å². The number of imidazole rings is 1. The fourth-order valence-corrected chi connectivity index (χ4v) is 3.07. The molecule has 0 aliphatic carbocycles. The number of aryl methyl sites for hydroxylation is 1. The normalized spacial score (nSPS) is 12.0. The molecular weight excluding hydrogens is 325 g/mol. The number of pyridine rings is 2. The molecule has 0 saturated heterocycles. The third kappa shape index (κ3) is 2.90. The average Bonchev–Trinajstić information content (AvgIpc) is 2.84. The van der Waals surface area contributed by atoms with Crippen molar-refractivity contribution in [2.45, 2.75) is 18.0 Å². The van der Waals surface area contributed by atoms with Crippen LogP contribution in [0.5, 0.6) is 0 Å². The maximum Gasteiger partial charge on any atom is 0.417 e. The van der Waals surface area contributed by atoms with E-state index in [4.69, 9.17) is 0 Å². The van der Waals surface area contributed by atoms with Gasteiger partial charge in [0, 0.05) is 36.1 Å². The molecule has 0 fully saturated rings. The van der Waals surface area contributed by atoms with Gasteiger partial charge >= 0.3 is 6.18 Å². The molecule has 0 aliphatic rings. The molecule has 0 radical (unpaired) electrons. The summed E-state index contributed by atoms with van der Waals surface area (Å²) in [6.07, 6.45) is -0.221. The largest absolute Gasteiger partial charge is 0.417 e. The third-order valence-corrected chi connectivity index (χ3v) is 4.29. The maximum absolute atomic E-state index is 12.8. The van der Waals surface area contributed by atoms with Gasteiger partial charge in [-0.3, -0.25) is 4.98 Å². The zero-order valence-corrected chi connectivity index (χ0v) is 13.2. The van der Waals surface area contributed by atoms with Crippen LogP contribution in [0.15, 0.2) is 35.6 Å². The summed E-state index contributed by atoms with van der Waals surface area (Å²) < 4.78 is 40.2. The summed E-state index contributed by atoms with van der Waals surface area (Å²) in [5.41, 5.74) is 0.673. The van der Waals surface area contributed by atoms with Crippen LogP contribution >= 0.6 is 11.8 Å². The molecule has 0 aliphatic heterocycles. The predicted octanol–water partition coefficient (Wildman–Crippen LogP) is 4.16. The van der Waals surface area contributed by atoms with Gasteiger partial charge in [-0.25, -0.2) is 9.97 Å². The van der Waals surface area contributed by atoms with Gasteiger partial charge in [0.05, 0.1) is 5.56 Å². The number of aromatic nitrogens is 4. The third-order valence-electron chi connectivity index (χ3n) is 3.36. The van der Waals surface area contributed by atoms with Crippen LogP contribution in [0.2, 0.25) is 0 Å². The minimum absolute atomic E-state index is 0.224. The molecule has 0 unspecified atom stereocenters. The molecule has 120 valence electrons. The number of hydrogen-bond acceptors (Lipinski definition) is 4. The second kappa shape index (κ2) is 5.84. The Balaban J connectivity index is 2.18. The SMILES string of the molecule is CCSc1cnccc1-c1nc2cc(C(F)(F)F)cnc2n1C.